The summed E-state index contributed by atoms with van der Waals surface area (Å²) in [5.41, 5.74) is 3.59. The van der Waals surface area contributed by atoms with Crippen molar-refractivity contribution in [3.05, 3.63) is 45.4 Å². The zero-order valence-corrected chi connectivity index (χ0v) is 19.3. The minimum Gasteiger partial charge on any atom is -0.496 e. The Hall–Kier alpha value is -1.35. The van der Waals surface area contributed by atoms with Gasteiger partial charge in [0.15, 0.2) is 5.96 Å². The number of nitrogens with one attached hydrogen (secondary N) is 2. The molecule has 2 aromatic rings. The van der Waals surface area contributed by atoms with Crippen LogP contribution in [0.1, 0.15) is 41.6 Å². The van der Waals surface area contributed by atoms with Crippen LogP contribution in [-0.4, -0.2) is 31.6 Å². The van der Waals surface area contributed by atoms with E-state index in [1.165, 1.54) is 11.1 Å². The number of halogens is 1. The van der Waals surface area contributed by atoms with E-state index >= 15 is 0 Å². The van der Waals surface area contributed by atoms with Crippen molar-refractivity contribution in [2.24, 2.45) is 4.99 Å². The normalized spacial score (nSPS) is 11.2. The molecule has 1 heterocycles. The average molecular weight is 488 g/mol. The fraction of sp³-hybridized carbons (Fsp3) is 0.474. The third-order valence-electron chi connectivity index (χ3n) is 3.91. The van der Waals surface area contributed by atoms with Crippen LogP contribution in [0, 0.1) is 6.92 Å². The van der Waals surface area contributed by atoms with Gasteiger partial charge >= 0.3 is 0 Å². The lowest BCUT2D eigenvalue weighted by Gasteiger charge is -2.13. The lowest BCUT2D eigenvalue weighted by atomic mass is 10.1. The molecule has 0 aliphatic carbocycles. The summed E-state index contributed by atoms with van der Waals surface area (Å²) in [6.07, 6.45) is 0.875. The highest BCUT2D eigenvalue weighted by Gasteiger charge is 2.07. The van der Waals surface area contributed by atoms with Crippen molar-refractivity contribution in [1.82, 2.24) is 15.6 Å². The maximum Gasteiger partial charge on any atom is 0.191 e. The van der Waals surface area contributed by atoms with Gasteiger partial charge in [0.2, 0.25) is 0 Å². The number of aromatic nitrogens is 1. The maximum atomic E-state index is 5.43. The molecule has 0 aliphatic rings. The van der Waals surface area contributed by atoms with Crippen LogP contribution >= 0.6 is 35.3 Å². The lowest BCUT2D eigenvalue weighted by molar-refractivity contribution is 0.409. The summed E-state index contributed by atoms with van der Waals surface area (Å²) < 4.78 is 5.43. The maximum absolute atomic E-state index is 5.43. The van der Waals surface area contributed by atoms with E-state index in [4.69, 9.17) is 4.74 Å². The summed E-state index contributed by atoms with van der Waals surface area (Å²) in [6, 6.07) is 6.25. The van der Waals surface area contributed by atoms with Gasteiger partial charge in [0.25, 0.3) is 0 Å². The molecule has 0 fully saturated rings. The Bertz CT molecular complexity index is 715. The molecule has 5 nitrogen and oxygen atoms in total. The van der Waals surface area contributed by atoms with E-state index in [0.717, 1.165) is 35.4 Å². The van der Waals surface area contributed by atoms with Crippen molar-refractivity contribution in [1.29, 1.82) is 0 Å². The number of thiazole rings is 1. The van der Waals surface area contributed by atoms with Crippen molar-refractivity contribution in [3.8, 4) is 5.75 Å². The number of hydrogen-bond acceptors (Lipinski definition) is 4. The molecule has 0 aliphatic heterocycles. The lowest BCUT2D eigenvalue weighted by Crippen LogP contribution is -2.37. The molecule has 7 heteroatoms. The molecule has 0 bridgehead atoms. The van der Waals surface area contributed by atoms with Gasteiger partial charge in [0.1, 0.15) is 10.8 Å². The molecule has 2 N–H and O–H groups in total. The first-order valence-corrected chi connectivity index (χ1v) is 9.43. The van der Waals surface area contributed by atoms with E-state index in [0.29, 0.717) is 12.5 Å². The molecule has 0 atom stereocenters. The topological polar surface area (TPSA) is 58.5 Å². The smallest absolute Gasteiger partial charge is 0.191 e. The third-order valence-corrected chi connectivity index (χ3v) is 4.78. The summed E-state index contributed by atoms with van der Waals surface area (Å²) >= 11 is 1.68. The highest BCUT2D eigenvalue weighted by atomic mass is 127. The second kappa shape index (κ2) is 11.4. The Labute approximate surface area is 177 Å². The number of methoxy groups -OCH3 is 1. The minimum atomic E-state index is 0. The molecule has 1 aromatic heterocycles. The number of guanidine groups is 1. The van der Waals surface area contributed by atoms with E-state index in [1.54, 1.807) is 25.5 Å². The van der Waals surface area contributed by atoms with Crippen LogP contribution in [0.4, 0.5) is 0 Å². The van der Waals surface area contributed by atoms with Gasteiger partial charge in [-0.05, 0) is 30.9 Å². The summed E-state index contributed by atoms with van der Waals surface area (Å²) in [6.45, 7) is 7.88. The molecule has 0 unspecified atom stereocenters. The van der Waals surface area contributed by atoms with Crippen LogP contribution in [0.3, 0.4) is 0 Å². The molecule has 0 saturated carbocycles. The first kappa shape index (κ1) is 22.7. The summed E-state index contributed by atoms with van der Waals surface area (Å²) in [5, 5.41) is 9.87. The Kier molecular flexibility index (Phi) is 9.93. The first-order chi connectivity index (χ1) is 12.0. The SMILES string of the molecule is CN=C(NCCc1cc(C)ccc1OC)NCc1nc(C(C)C)cs1.I. The van der Waals surface area contributed by atoms with Gasteiger partial charge in [-0.1, -0.05) is 31.5 Å². The average Bonchev–Trinajstić information content (AvgIpc) is 3.07. The molecule has 26 heavy (non-hydrogen) atoms. The quantitative estimate of drug-likeness (QED) is 0.350. The summed E-state index contributed by atoms with van der Waals surface area (Å²) in [4.78, 5) is 8.91. The number of hydrogen-bond donors (Lipinski definition) is 2. The van der Waals surface area contributed by atoms with Crippen molar-refractivity contribution < 1.29 is 4.74 Å². The molecule has 0 saturated heterocycles. The predicted octanol–water partition coefficient (Wildman–Crippen LogP) is 4.11. The molecule has 1 aromatic carbocycles. The zero-order valence-electron chi connectivity index (χ0n) is 16.1. The molecule has 0 amide bonds. The highest BCUT2D eigenvalue weighted by Crippen LogP contribution is 2.20. The van der Waals surface area contributed by atoms with Gasteiger partial charge in [0.05, 0.1) is 19.3 Å². The molecular formula is C19H29IN4OS. The van der Waals surface area contributed by atoms with Crippen LogP contribution < -0.4 is 15.4 Å². The van der Waals surface area contributed by atoms with Crippen LogP contribution in [0.2, 0.25) is 0 Å². The Morgan fingerprint density at radius 2 is 2.08 bits per heavy atom. The molecular weight excluding hydrogens is 459 g/mol. The predicted molar refractivity (Wildman–Crippen MR) is 121 cm³/mol. The third kappa shape index (κ3) is 6.75. The van der Waals surface area contributed by atoms with Gasteiger partial charge in [-0.3, -0.25) is 4.99 Å². The molecule has 144 valence electrons. The van der Waals surface area contributed by atoms with Crippen molar-refractivity contribution in [3.63, 3.8) is 0 Å². The van der Waals surface area contributed by atoms with E-state index in [9.17, 15) is 0 Å². The first-order valence-electron chi connectivity index (χ1n) is 8.55. The van der Waals surface area contributed by atoms with Gasteiger partial charge in [-0.25, -0.2) is 4.98 Å². The van der Waals surface area contributed by atoms with E-state index < -0.39 is 0 Å². The zero-order chi connectivity index (χ0) is 18.2. The second-order valence-corrected chi connectivity index (χ2v) is 7.18. The number of aryl methyl sites for hydroxylation is 1. The number of rotatable bonds is 7. The van der Waals surface area contributed by atoms with Crippen molar-refractivity contribution in [2.75, 3.05) is 20.7 Å². The van der Waals surface area contributed by atoms with E-state index in [-0.39, 0.29) is 24.0 Å². The number of aliphatic imine (C=N–C) groups is 1. The van der Waals surface area contributed by atoms with Gasteiger partial charge in [-0.15, -0.1) is 35.3 Å². The van der Waals surface area contributed by atoms with Crippen molar-refractivity contribution in [2.45, 2.75) is 39.7 Å². The minimum absolute atomic E-state index is 0. The Morgan fingerprint density at radius 3 is 2.69 bits per heavy atom. The second-order valence-electron chi connectivity index (χ2n) is 6.24. The molecule has 0 spiro atoms. The molecule has 0 radical (unpaired) electrons. The number of benzene rings is 1. The van der Waals surface area contributed by atoms with Gasteiger partial charge in [-0.2, -0.15) is 0 Å². The largest absolute Gasteiger partial charge is 0.496 e. The van der Waals surface area contributed by atoms with E-state index in [2.05, 4.69) is 58.9 Å². The monoisotopic (exact) mass is 488 g/mol. The van der Waals surface area contributed by atoms with E-state index in [1.807, 2.05) is 6.07 Å². The van der Waals surface area contributed by atoms with Crippen LogP contribution in [0.15, 0.2) is 28.6 Å². The summed E-state index contributed by atoms with van der Waals surface area (Å²) in [5.74, 6) is 2.18. The fourth-order valence-corrected chi connectivity index (χ4v) is 3.36. The van der Waals surface area contributed by atoms with Gasteiger partial charge < -0.3 is 15.4 Å². The van der Waals surface area contributed by atoms with Crippen LogP contribution in [0.5, 0.6) is 5.75 Å². The molecule has 2 rings (SSSR count). The van der Waals surface area contributed by atoms with Crippen molar-refractivity contribution >= 4 is 41.3 Å². The number of ether oxygens (including phenoxy) is 1. The van der Waals surface area contributed by atoms with Gasteiger partial charge in [0, 0.05) is 19.0 Å². The highest BCUT2D eigenvalue weighted by molar-refractivity contribution is 14.0. The standard InChI is InChI=1S/C19H28N4OS.HI/c1-13(2)16-12-25-18(23-16)11-22-19(20-4)21-9-8-15-10-14(3)6-7-17(15)24-5;/h6-7,10,12-13H,8-9,11H2,1-5H3,(H2,20,21,22);1H. The Balaban J connectivity index is 0.00000338. The van der Waals surface area contributed by atoms with Crippen LogP contribution in [0.25, 0.3) is 0 Å². The number of nitrogens with zero attached hydrogens (tertiary/aromatic N) is 2. The van der Waals surface area contributed by atoms with Crippen LogP contribution in [-0.2, 0) is 13.0 Å². The Morgan fingerprint density at radius 1 is 1.31 bits per heavy atom. The fourth-order valence-electron chi connectivity index (χ4n) is 2.47. The summed E-state index contributed by atoms with van der Waals surface area (Å²) in [7, 11) is 3.49.